The monoisotopic (exact) mass is 463 g/mol. The summed E-state index contributed by atoms with van der Waals surface area (Å²) in [5, 5.41) is 26.9. The summed E-state index contributed by atoms with van der Waals surface area (Å²) in [6.45, 7) is 11.0. The second kappa shape index (κ2) is 10.3. The number of carbonyl (C=O) groups is 2. The number of benzene rings is 1. The van der Waals surface area contributed by atoms with Gasteiger partial charge >= 0.3 is 5.97 Å². The lowest BCUT2D eigenvalue weighted by Gasteiger charge is -2.36. The van der Waals surface area contributed by atoms with E-state index in [0.717, 1.165) is 4.68 Å². The van der Waals surface area contributed by atoms with Crippen LogP contribution in [0.2, 0.25) is 0 Å². The number of aliphatic carboxylic acids is 1. The van der Waals surface area contributed by atoms with Crippen molar-refractivity contribution in [3.05, 3.63) is 41.8 Å². The first-order valence-corrected chi connectivity index (χ1v) is 10.9. The van der Waals surface area contributed by atoms with Gasteiger partial charge in [0.2, 0.25) is 5.88 Å². The zero-order valence-corrected chi connectivity index (χ0v) is 20.1. The summed E-state index contributed by atoms with van der Waals surface area (Å²) in [5.41, 5.74) is -1.70. The fourth-order valence-electron chi connectivity index (χ4n) is 3.04. The maximum atomic E-state index is 14.5. The molecule has 1 aromatic heterocycles. The number of carboxylic acid groups (broad SMARTS) is 1. The van der Waals surface area contributed by atoms with Crippen LogP contribution in [0.5, 0.6) is 5.88 Å². The second-order valence-corrected chi connectivity index (χ2v) is 9.94. The third-order valence-corrected chi connectivity index (χ3v) is 5.62. The number of carboxylic acids is 1. The van der Waals surface area contributed by atoms with Crippen molar-refractivity contribution in [1.82, 2.24) is 15.1 Å². The molecule has 0 aliphatic heterocycles. The fourth-order valence-corrected chi connectivity index (χ4v) is 3.04. The summed E-state index contributed by atoms with van der Waals surface area (Å²) in [7, 11) is 0. The van der Waals surface area contributed by atoms with E-state index in [0.29, 0.717) is 6.42 Å². The van der Waals surface area contributed by atoms with Gasteiger partial charge in [-0.1, -0.05) is 46.8 Å². The second-order valence-electron chi connectivity index (χ2n) is 9.94. The molecule has 1 aromatic carbocycles. The number of para-hydroxylation sites is 1. The molecule has 8 nitrogen and oxygen atoms in total. The summed E-state index contributed by atoms with van der Waals surface area (Å²) in [6.07, 6.45) is 0.250. The third-order valence-electron chi connectivity index (χ3n) is 5.62. The van der Waals surface area contributed by atoms with Crippen molar-refractivity contribution < 1.29 is 28.9 Å². The van der Waals surface area contributed by atoms with Crippen LogP contribution in [0, 0.1) is 17.2 Å². The average Bonchev–Trinajstić information content (AvgIpc) is 3.09. The van der Waals surface area contributed by atoms with E-state index in [-0.39, 0.29) is 36.2 Å². The Balaban J connectivity index is 2.38. The molecular weight excluding hydrogens is 429 g/mol. The number of nitrogens with one attached hydrogen (secondary N) is 1. The number of ether oxygens (including phenoxy) is 1. The Kier molecular flexibility index (Phi) is 8.24. The van der Waals surface area contributed by atoms with Crippen molar-refractivity contribution in [2.75, 3.05) is 6.61 Å². The normalized spacial score (nSPS) is 14.6. The van der Waals surface area contributed by atoms with E-state index in [4.69, 9.17) is 9.84 Å². The van der Waals surface area contributed by atoms with Crippen molar-refractivity contribution in [1.29, 1.82) is 0 Å². The van der Waals surface area contributed by atoms with Crippen LogP contribution in [0.4, 0.5) is 4.39 Å². The minimum absolute atomic E-state index is 0.0530. The Morgan fingerprint density at radius 1 is 1.21 bits per heavy atom. The summed E-state index contributed by atoms with van der Waals surface area (Å²) in [6, 6.07) is 6.68. The molecule has 0 bridgehead atoms. The third kappa shape index (κ3) is 7.02. The van der Waals surface area contributed by atoms with Crippen LogP contribution >= 0.6 is 0 Å². The number of hydrogen-bond donors (Lipinski definition) is 3. The number of hydrogen-bond acceptors (Lipinski definition) is 5. The van der Waals surface area contributed by atoms with Gasteiger partial charge in [0.05, 0.1) is 6.42 Å². The minimum Gasteiger partial charge on any atom is -0.481 e. The molecule has 2 atom stereocenters. The molecule has 0 aliphatic rings. The first kappa shape index (κ1) is 26.3. The Morgan fingerprint density at radius 2 is 1.85 bits per heavy atom. The highest BCUT2D eigenvalue weighted by atomic mass is 19.1. The van der Waals surface area contributed by atoms with Crippen LogP contribution in [0.15, 0.2) is 30.3 Å². The molecule has 0 saturated heterocycles. The lowest BCUT2D eigenvalue weighted by molar-refractivity contribution is -0.137. The topological polar surface area (TPSA) is 114 Å². The lowest BCUT2D eigenvalue weighted by Crippen LogP contribution is -2.45. The number of carbonyl (C=O) groups excluding carboxylic acids is 1. The highest BCUT2D eigenvalue weighted by Crippen LogP contribution is 2.31. The number of rotatable bonds is 10. The average molecular weight is 464 g/mol. The molecule has 0 aliphatic carbocycles. The number of aliphatic hydroxyl groups is 1. The van der Waals surface area contributed by atoms with Gasteiger partial charge < -0.3 is 20.3 Å². The van der Waals surface area contributed by atoms with E-state index >= 15 is 0 Å². The maximum Gasteiger partial charge on any atom is 0.305 e. The van der Waals surface area contributed by atoms with Crippen LogP contribution in [-0.4, -0.2) is 50.1 Å². The van der Waals surface area contributed by atoms with Gasteiger partial charge in [-0.15, -0.1) is 0 Å². The van der Waals surface area contributed by atoms with Gasteiger partial charge in [-0.2, -0.15) is 9.78 Å². The molecule has 182 valence electrons. The van der Waals surface area contributed by atoms with Gasteiger partial charge in [0.25, 0.3) is 5.91 Å². The first-order valence-electron chi connectivity index (χ1n) is 10.9. The van der Waals surface area contributed by atoms with E-state index in [1.165, 1.54) is 24.3 Å². The molecule has 33 heavy (non-hydrogen) atoms. The van der Waals surface area contributed by atoms with Crippen molar-refractivity contribution in [2.24, 2.45) is 11.3 Å². The number of halogens is 1. The van der Waals surface area contributed by atoms with Gasteiger partial charge in [0, 0.05) is 12.1 Å². The predicted molar refractivity (Wildman–Crippen MR) is 122 cm³/mol. The van der Waals surface area contributed by atoms with Gasteiger partial charge in [-0.25, -0.2) is 4.39 Å². The fraction of sp³-hybridized carbons (Fsp3) is 0.542. The molecule has 0 radical (unpaired) electrons. The summed E-state index contributed by atoms with van der Waals surface area (Å²) in [5.74, 6) is -1.93. The summed E-state index contributed by atoms with van der Waals surface area (Å²) >= 11 is 0. The Bertz CT molecular complexity index is 979. The molecule has 0 spiro atoms. The maximum absolute atomic E-state index is 14.5. The van der Waals surface area contributed by atoms with Crippen molar-refractivity contribution in [3.8, 4) is 11.6 Å². The number of amides is 1. The standard InChI is InChI=1S/C24H34FN3O5/c1-15(2)11-16(12-21(29)30)26-22(31)18-13-20(33-14-24(6,32)23(3,4)5)28(27-18)19-10-8-7-9-17(19)25/h7-10,13,15-16,32H,11-12,14H2,1-6H3,(H,26,31)(H,29,30)/t16?,24-/m1/s1. The van der Waals surface area contributed by atoms with Gasteiger partial charge in [0.1, 0.15) is 23.7 Å². The van der Waals surface area contributed by atoms with E-state index < -0.39 is 34.8 Å². The molecule has 1 heterocycles. The van der Waals surface area contributed by atoms with Crippen LogP contribution < -0.4 is 10.1 Å². The highest BCUT2D eigenvalue weighted by molar-refractivity contribution is 5.93. The van der Waals surface area contributed by atoms with E-state index in [2.05, 4.69) is 10.4 Å². The zero-order valence-electron chi connectivity index (χ0n) is 20.1. The largest absolute Gasteiger partial charge is 0.481 e. The van der Waals surface area contributed by atoms with Gasteiger partial charge in [-0.3, -0.25) is 9.59 Å². The Labute approximate surface area is 193 Å². The minimum atomic E-state index is -1.22. The van der Waals surface area contributed by atoms with Gasteiger partial charge in [0.15, 0.2) is 5.69 Å². The Hall–Kier alpha value is -2.94. The highest BCUT2D eigenvalue weighted by Gasteiger charge is 2.36. The molecule has 2 rings (SSSR count). The van der Waals surface area contributed by atoms with Crippen molar-refractivity contribution in [2.45, 2.75) is 66.0 Å². The molecule has 0 fully saturated rings. The summed E-state index contributed by atoms with van der Waals surface area (Å²) in [4.78, 5) is 24.1. The molecule has 3 N–H and O–H groups in total. The predicted octanol–water partition coefficient (Wildman–Crippen LogP) is 3.81. The van der Waals surface area contributed by atoms with Crippen LogP contribution in [0.1, 0.15) is 64.9 Å². The zero-order chi connectivity index (χ0) is 25.0. The van der Waals surface area contributed by atoms with E-state index in [1.807, 2.05) is 34.6 Å². The van der Waals surface area contributed by atoms with Crippen molar-refractivity contribution >= 4 is 11.9 Å². The molecule has 0 saturated carbocycles. The van der Waals surface area contributed by atoms with Gasteiger partial charge in [-0.05, 0) is 36.8 Å². The van der Waals surface area contributed by atoms with Crippen LogP contribution in [0.25, 0.3) is 5.69 Å². The SMILES string of the molecule is CC(C)CC(CC(=O)O)NC(=O)c1cc(OC[C@@](C)(O)C(C)(C)C)n(-c2ccccc2F)n1. The van der Waals surface area contributed by atoms with E-state index in [9.17, 15) is 19.1 Å². The quantitative estimate of drug-likeness (QED) is 0.494. The molecule has 1 amide bonds. The molecular formula is C24H34FN3O5. The van der Waals surface area contributed by atoms with Crippen molar-refractivity contribution in [3.63, 3.8) is 0 Å². The molecule has 1 unspecified atom stereocenters. The smallest absolute Gasteiger partial charge is 0.305 e. The summed E-state index contributed by atoms with van der Waals surface area (Å²) < 4.78 is 21.5. The first-order chi connectivity index (χ1) is 15.2. The molecule has 9 heteroatoms. The number of nitrogens with zero attached hydrogens (tertiary/aromatic N) is 2. The molecule has 2 aromatic rings. The van der Waals surface area contributed by atoms with Crippen LogP contribution in [-0.2, 0) is 4.79 Å². The Morgan fingerprint density at radius 3 is 2.39 bits per heavy atom. The lowest BCUT2D eigenvalue weighted by atomic mass is 9.78. The van der Waals surface area contributed by atoms with E-state index in [1.54, 1.807) is 13.0 Å². The number of aromatic nitrogens is 2. The van der Waals surface area contributed by atoms with Crippen LogP contribution in [0.3, 0.4) is 0 Å².